The molecule has 7 nitrogen and oxygen atoms in total. The van der Waals surface area contributed by atoms with E-state index in [1.54, 1.807) is 19.2 Å². The van der Waals surface area contributed by atoms with Crippen LogP contribution < -0.4 is 10.2 Å². The van der Waals surface area contributed by atoms with Gasteiger partial charge >= 0.3 is 17.3 Å². The Kier molecular flexibility index (Phi) is 4.53. The molecule has 1 N–H and O–H groups in total. The average molecular weight is 341 g/mol. The summed E-state index contributed by atoms with van der Waals surface area (Å²) >= 11 is 0. The lowest BCUT2D eigenvalue weighted by Gasteiger charge is -2.32. The van der Waals surface area contributed by atoms with Crippen LogP contribution in [-0.2, 0) is 19.5 Å². The van der Waals surface area contributed by atoms with Gasteiger partial charge in [0.05, 0.1) is 22.6 Å². The molecule has 0 bridgehead atoms. The Morgan fingerprint density at radius 2 is 1.70 bits per heavy atom. The van der Waals surface area contributed by atoms with Crippen LogP contribution >= 0.6 is 0 Å². The van der Waals surface area contributed by atoms with Gasteiger partial charge < -0.3 is 9.31 Å². The fourth-order valence-electron chi connectivity index (χ4n) is 1.99. The molecule has 0 aromatic carbocycles. The summed E-state index contributed by atoms with van der Waals surface area (Å²) in [5.74, 6) is 0. The fourth-order valence-corrected chi connectivity index (χ4v) is 2.66. The number of hydrogen-bond donors (Lipinski definition) is 1. The highest BCUT2D eigenvalue weighted by molar-refractivity contribution is 7.90. The SMILES string of the molecule is Cc1ncc(B2OC(C)(C)C(C)(C)O2)cc1NS(=O)(=O)N(C)C. The maximum absolute atomic E-state index is 12.0. The van der Waals surface area contributed by atoms with Crippen LogP contribution in [0.5, 0.6) is 0 Å². The van der Waals surface area contributed by atoms with Crippen molar-refractivity contribution in [3.8, 4) is 0 Å². The van der Waals surface area contributed by atoms with E-state index in [1.807, 2.05) is 27.7 Å². The molecule has 2 heterocycles. The van der Waals surface area contributed by atoms with Crippen molar-refractivity contribution in [1.82, 2.24) is 9.29 Å². The molecule has 1 aliphatic heterocycles. The van der Waals surface area contributed by atoms with E-state index in [0.717, 1.165) is 4.31 Å². The van der Waals surface area contributed by atoms with Crippen molar-refractivity contribution in [3.05, 3.63) is 18.0 Å². The summed E-state index contributed by atoms with van der Waals surface area (Å²) in [6.07, 6.45) is 1.64. The number of pyridine rings is 1. The van der Waals surface area contributed by atoms with Gasteiger partial charge in [-0.25, -0.2) is 0 Å². The topological polar surface area (TPSA) is 80.8 Å². The van der Waals surface area contributed by atoms with Gasteiger partial charge in [-0.15, -0.1) is 0 Å². The molecule has 0 saturated carbocycles. The van der Waals surface area contributed by atoms with E-state index in [1.165, 1.54) is 14.1 Å². The van der Waals surface area contributed by atoms with Gasteiger partial charge in [0.25, 0.3) is 0 Å². The second-order valence-corrected chi connectivity index (χ2v) is 8.76. The first-order chi connectivity index (χ1) is 10.4. The molecular formula is C14H24BN3O4S. The standard InChI is InChI=1S/C14H24BN3O4S/c1-10-12(17-23(19,20)18(6)7)8-11(9-16-10)15-21-13(2,3)14(4,5)22-15/h8-9,17H,1-7H3. The van der Waals surface area contributed by atoms with Crippen LogP contribution in [-0.4, -0.2) is 50.1 Å². The van der Waals surface area contributed by atoms with Crippen LogP contribution in [0.25, 0.3) is 0 Å². The van der Waals surface area contributed by atoms with Crippen molar-refractivity contribution in [3.63, 3.8) is 0 Å². The summed E-state index contributed by atoms with van der Waals surface area (Å²) in [6.45, 7) is 9.59. The Morgan fingerprint density at radius 3 is 2.17 bits per heavy atom. The lowest BCUT2D eigenvalue weighted by atomic mass is 9.80. The van der Waals surface area contributed by atoms with Crippen molar-refractivity contribution in [2.45, 2.75) is 45.8 Å². The molecule has 0 radical (unpaired) electrons. The molecule has 1 aliphatic rings. The molecule has 1 aromatic rings. The highest BCUT2D eigenvalue weighted by Gasteiger charge is 2.51. The maximum Gasteiger partial charge on any atom is 0.496 e. The molecule has 23 heavy (non-hydrogen) atoms. The maximum atomic E-state index is 12.0. The zero-order chi connectivity index (χ0) is 17.6. The lowest BCUT2D eigenvalue weighted by molar-refractivity contribution is 0.00578. The summed E-state index contributed by atoms with van der Waals surface area (Å²) in [5.41, 5.74) is 0.727. The van der Waals surface area contributed by atoms with Gasteiger partial charge in [-0.2, -0.15) is 12.7 Å². The van der Waals surface area contributed by atoms with Gasteiger partial charge in [0.1, 0.15) is 0 Å². The first-order valence-corrected chi connectivity index (χ1v) is 8.82. The van der Waals surface area contributed by atoms with Crippen molar-refractivity contribution in [2.75, 3.05) is 18.8 Å². The predicted octanol–water partition coefficient (Wildman–Crippen LogP) is 0.908. The van der Waals surface area contributed by atoms with Crippen LogP contribution in [0.2, 0.25) is 0 Å². The lowest BCUT2D eigenvalue weighted by Crippen LogP contribution is -2.41. The second-order valence-electron chi connectivity index (χ2n) is 6.88. The Labute approximate surface area is 138 Å². The van der Waals surface area contributed by atoms with E-state index < -0.39 is 28.5 Å². The normalized spacial score (nSPS) is 20.1. The van der Waals surface area contributed by atoms with Crippen LogP contribution in [0.1, 0.15) is 33.4 Å². The molecule has 0 aliphatic carbocycles. The Morgan fingerprint density at radius 1 is 1.17 bits per heavy atom. The molecule has 9 heteroatoms. The van der Waals surface area contributed by atoms with Gasteiger partial charge in [-0.1, -0.05) is 0 Å². The number of rotatable bonds is 4. The molecule has 0 spiro atoms. The molecule has 1 aromatic heterocycles. The first-order valence-electron chi connectivity index (χ1n) is 7.38. The van der Waals surface area contributed by atoms with Crippen molar-refractivity contribution < 1.29 is 17.7 Å². The predicted molar refractivity (Wildman–Crippen MR) is 90.9 cm³/mol. The molecule has 1 saturated heterocycles. The van der Waals surface area contributed by atoms with Gasteiger partial charge in [0, 0.05) is 25.8 Å². The van der Waals surface area contributed by atoms with Crippen LogP contribution in [0.4, 0.5) is 5.69 Å². The average Bonchev–Trinajstić information content (AvgIpc) is 2.60. The Hall–Kier alpha value is -1.16. The molecular weight excluding hydrogens is 317 g/mol. The van der Waals surface area contributed by atoms with Crippen molar-refractivity contribution >= 4 is 28.5 Å². The summed E-state index contributed by atoms with van der Waals surface area (Å²) in [6, 6.07) is 1.70. The summed E-state index contributed by atoms with van der Waals surface area (Å²) in [5, 5.41) is 0. The quantitative estimate of drug-likeness (QED) is 0.824. The minimum atomic E-state index is -3.60. The van der Waals surface area contributed by atoms with E-state index in [0.29, 0.717) is 16.8 Å². The highest BCUT2D eigenvalue weighted by atomic mass is 32.2. The van der Waals surface area contributed by atoms with Gasteiger partial charge in [0.2, 0.25) is 0 Å². The third-order valence-electron chi connectivity index (χ3n) is 4.35. The third kappa shape index (κ3) is 3.52. The number of nitrogens with zero attached hydrogens (tertiary/aromatic N) is 2. The first kappa shape index (κ1) is 18.2. The van der Waals surface area contributed by atoms with E-state index in [-0.39, 0.29) is 0 Å². The number of anilines is 1. The zero-order valence-electron chi connectivity index (χ0n) is 14.7. The highest BCUT2D eigenvalue weighted by Crippen LogP contribution is 2.36. The molecule has 0 unspecified atom stereocenters. The molecule has 128 valence electrons. The Balaban J connectivity index is 2.32. The molecule has 1 fully saturated rings. The van der Waals surface area contributed by atoms with Crippen molar-refractivity contribution in [1.29, 1.82) is 0 Å². The van der Waals surface area contributed by atoms with Crippen molar-refractivity contribution in [2.24, 2.45) is 0 Å². The van der Waals surface area contributed by atoms with E-state index in [4.69, 9.17) is 9.31 Å². The number of nitrogens with one attached hydrogen (secondary N) is 1. The monoisotopic (exact) mass is 341 g/mol. The largest absolute Gasteiger partial charge is 0.496 e. The van der Waals surface area contributed by atoms with Gasteiger partial charge in [-0.05, 0) is 40.7 Å². The smallest absolute Gasteiger partial charge is 0.399 e. The van der Waals surface area contributed by atoms with Gasteiger partial charge in [-0.3, -0.25) is 9.71 Å². The minimum absolute atomic E-state index is 0.408. The molecule has 0 amide bonds. The van der Waals surface area contributed by atoms with E-state index >= 15 is 0 Å². The number of aromatic nitrogens is 1. The molecule has 0 atom stereocenters. The van der Waals surface area contributed by atoms with Crippen LogP contribution in [0.15, 0.2) is 12.3 Å². The minimum Gasteiger partial charge on any atom is -0.399 e. The number of hydrogen-bond acceptors (Lipinski definition) is 5. The fraction of sp³-hybridized carbons (Fsp3) is 0.643. The van der Waals surface area contributed by atoms with Gasteiger partial charge in [0.15, 0.2) is 0 Å². The summed E-state index contributed by atoms with van der Waals surface area (Å²) < 4.78 is 39.6. The summed E-state index contributed by atoms with van der Waals surface area (Å²) in [7, 11) is -1.26. The number of aryl methyl sites for hydroxylation is 1. The third-order valence-corrected chi connectivity index (χ3v) is 5.79. The molecule has 2 rings (SSSR count). The van der Waals surface area contributed by atoms with Crippen LogP contribution in [0, 0.1) is 6.92 Å². The van der Waals surface area contributed by atoms with Crippen LogP contribution in [0.3, 0.4) is 0 Å². The summed E-state index contributed by atoms with van der Waals surface area (Å²) in [4.78, 5) is 4.26. The zero-order valence-corrected chi connectivity index (χ0v) is 15.5. The van der Waals surface area contributed by atoms with E-state index in [2.05, 4.69) is 9.71 Å². The Bertz CT molecular complexity index is 688. The van der Waals surface area contributed by atoms with E-state index in [9.17, 15) is 8.42 Å². The second kappa shape index (κ2) is 5.73.